The number of rotatable bonds is 6. The first-order valence-electron chi connectivity index (χ1n) is 9.20. The summed E-state index contributed by atoms with van der Waals surface area (Å²) in [6.07, 6.45) is 0.898. The van der Waals surface area contributed by atoms with E-state index < -0.39 is 11.1 Å². The Hall–Kier alpha value is -4.20. The molecule has 0 aliphatic heterocycles. The number of carbonyl (C=O) groups is 1. The molecule has 0 aliphatic carbocycles. The molecule has 30 heavy (non-hydrogen) atoms. The van der Waals surface area contributed by atoms with Gasteiger partial charge < -0.3 is 15.0 Å². The Kier molecular flexibility index (Phi) is 4.89. The van der Waals surface area contributed by atoms with Crippen LogP contribution in [0.2, 0.25) is 0 Å². The topological polar surface area (TPSA) is 110 Å². The molecule has 4 aromatic rings. The smallest absolute Gasteiger partial charge is 0.270 e. The molecule has 1 aromatic heterocycles. The van der Waals surface area contributed by atoms with Crippen LogP contribution in [0.5, 0.6) is 5.75 Å². The lowest BCUT2D eigenvalue weighted by molar-refractivity contribution is -0.385. The van der Waals surface area contributed by atoms with Gasteiger partial charge in [-0.05, 0) is 37.3 Å². The van der Waals surface area contributed by atoms with E-state index in [9.17, 15) is 20.0 Å². The number of nitrogens with one attached hydrogen (secondary N) is 1. The van der Waals surface area contributed by atoms with E-state index in [0.29, 0.717) is 16.8 Å². The normalized spacial score (nSPS) is 11.9. The number of benzene rings is 3. The van der Waals surface area contributed by atoms with Gasteiger partial charge in [-0.1, -0.05) is 24.3 Å². The zero-order valence-corrected chi connectivity index (χ0v) is 16.0. The minimum atomic E-state index is -0.709. The second kappa shape index (κ2) is 7.67. The van der Waals surface area contributed by atoms with Crippen LogP contribution >= 0.6 is 0 Å². The Morgan fingerprint density at radius 2 is 1.93 bits per heavy atom. The van der Waals surface area contributed by atoms with Crippen LogP contribution in [0.1, 0.15) is 29.0 Å². The predicted octanol–water partition coefficient (Wildman–Crippen LogP) is 4.51. The van der Waals surface area contributed by atoms with E-state index in [1.54, 1.807) is 35.2 Å². The minimum Gasteiger partial charge on any atom is -0.508 e. The Morgan fingerprint density at radius 3 is 2.70 bits per heavy atom. The van der Waals surface area contributed by atoms with Gasteiger partial charge in [0, 0.05) is 28.9 Å². The lowest BCUT2D eigenvalue weighted by Crippen LogP contribution is -2.19. The highest BCUT2D eigenvalue weighted by molar-refractivity contribution is 5.95. The number of Topliss-reactive ketones (excluding diaryl/α,β-unsaturated/α-hetero) is 1. The first kappa shape index (κ1) is 19.1. The van der Waals surface area contributed by atoms with E-state index in [4.69, 9.17) is 0 Å². The van der Waals surface area contributed by atoms with Gasteiger partial charge in [0.1, 0.15) is 11.9 Å². The number of hydrogen-bond acceptors (Lipinski definition) is 6. The molecule has 0 saturated carbocycles. The molecule has 3 aromatic carbocycles. The molecule has 8 heteroatoms. The summed E-state index contributed by atoms with van der Waals surface area (Å²) in [6.45, 7) is 1.48. The Bertz CT molecular complexity index is 1260. The maximum atomic E-state index is 11.8. The highest BCUT2D eigenvalue weighted by Crippen LogP contribution is 2.33. The van der Waals surface area contributed by atoms with Gasteiger partial charge in [-0.2, -0.15) is 0 Å². The second-order valence-corrected chi connectivity index (χ2v) is 6.82. The van der Waals surface area contributed by atoms with E-state index >= 15 is 0 Å². The molecule has 0 fully saturated rings. The largest absolute Gasteiger partial charge is 0.508 e. The van der Waals surface area contributed by atoms with E-state index in [0.717, 1.165) is 11.0 Å². The van der Waals surface area contributed by atoms with E-state index in [1.807, 2.05) is 24.3 Å². The van der Waals surface area contributed by atoms with Crippen molar-refractivity contribution in [2.45, 2.75) is 13.1 Å². The standard InChI is InChI=1S/C22H18N4O4/c1-14(27)15-5-4-6-16(11-15)24-22(18-12-17(26(29)30)9-10-21(18)28)25-13-23-19-7-2-3-8-20(19)25/h2-13,22,24,28H,1H3/t22-/m1/s1. The Morgan fingerprint density at radius 1 is 1.13 bits per heavy atom. The summed E-state index contributed by atoms with van der Waals surface area (Å²) in [7, 11) is 0. The monoisotopic (exact) mass is 402 g/mol. The molecule has 0 amide bonds. The van der Waals surface area contributed by atoms with Crippen molar-refractivity contribution in [3.05, 3.63) is 94.3 Å². The zero-order valence-electron chi connectivity index (χ0n) is 16.0. The van der Waals surface area contributed by atoms with Crippen molar-refractivity contribution < 1.29 is 14.8 Å². The number of anilines is 1. The van der Waals surface area contributed by atoms with Gasteiger partial charge in [-0.15, -0.1) is 0 Å². The van der Waals surface area contributed by atoms with Crippen LogP contribution in [-0.2, 0) is 0 Å². The number of nitro groups is 1. The highest BCUT2D eigenvalue weighted by Gasteiger charge is 2.22. The SMILES string of the molecule is CC(=O)c1cccc(N[C@@H](c2cc([N+](=O)[O-])ccc2O)n2cnc3ccccc32)c1. The van der Waals surface area contributed by atoms with Crippen molar-refractivity contribution in [2.24, 2.45) is 0 Å². The summed E-state index contributed by atoms with van der Waals surface area (Å²) in [5.74, 6) is -0.180. The van der Waals surface area contributed by atoms with Crippen LogP contribution in [0, 0.1) is 10.1 Å². The Labute approximate surface area is 171 Å². The molecule has 2 N–H and O–H groups in total. The molecule has 8 nitrogen and oxygen atoms in total. The van der Waals surface area contributed by atoms with E-state index in [1.165, 1.54) is 25.1 Å². The molecular weight excluding hydrogens is 384 g/mol. The first-order valence-corrected chi connectivity index (χ1v) is 9.20. The molecule has 0 unspecified atom stereocenters. The summed E-state index contributed by atoms with van der Waals surface area (Å²) in [4.78, 5) is 27.0. The molecule has 150 valence electrons. The van der Waals surface area contributed by atoms with Crippen LogP contribution in [0.4, 0.5) is 11.4 Å². The van der Waals surface area contributed by atoms with Gasteiger partial charge in [0.15, 0.2) is 5.78 Å². The van der Waals surface area contributed by atoms with Crippen molar-refractivity contribution in [1.29, 1.82) is 0 Å². The van der Waals surface area contributed by atoms with Crippen molar-refractivity contribution in [3.8, 4) is 5.75 Å². The van der Waals surface area contributed by atoms with Gasteiger partial charge in [-0.25, -0.2) is 4.98 Å². The number of fused-ring (bicyclic) bond motifs is 1. The van der Waals surface area contributed by atoms with Crippen molar-refractivity contribution in [3.63, 3.8) is 0 Å². The third-order valence-corrected chi connectivity index (χ3v) is 4.85. The lowest BCUT2D eigenvalue weighted by atomic mass is 10.1. The number of nitro benzene ring substituents is 1. The first-order chi connectivity index (χ1) is 14.4. The number of aromatic hydroxyl groups is 1. The number of imidazole rings is 1. The van der Waals surface area contributed by atoms with Crippen molar-refractivity contribution in [1.82, 2.24) is 9.55 Å². The van der Waals surface area contributed by atoms with Crippen molar-refractivity contribution >= 4 is 28.2 Å². The number of aromatic nitrogens is 2. The summed E-state index contributed by atoms with van der Waals surface area (Å²) in [5, 5.41) is 25.1. The molecule has 0 bridgehead atoms. The third-order valence-electron chi connectivity index (χ3n) is 4.85. The number of nitrogens with zero attached hydrogens (tertiary/aromatic N) is 3. The highest BCUT2D eigenvalue weighted by atomic mass is 16.6. The number of hydrogen-bond donors (Lipinski definition) is 2. The van der Waals surface area contributed by atoms with Crippen LogP contribution < -0.4 is 5.32 Å². The van der Waals surface area contributed by atoms with E-state index in [2.05, 4.69) is 10.3 Å². The molecule has 1 atom stereocenters. The average Bonchev–Trinajstić information content (AvgIpc) is 3.16. The van der Waals surface area contributed by atoms with Gasteiger partial charge in [0.25, 0.3) is 5.69 Å². The quantitative estimate of drug-likeness (QED) is 0.279. The van der Waals surface area contributed by atoms with Gasteiger partial charge in [-0.3, -0.25) is 14.9 Å². The van der Waals surface area contributed by atoms with Crippen LogP contribution in [0.25, 0.3) is 11.0 Å². The number of non-ortho nitro benzene ring substituents is 1. The predicted molar refractivity (Wildman–Crippen MR) is 113 cm³/mol. The summed E-state index contributed by atoms with van der Waals surface area (Å²) in [5.41, 5.74) is 2.83. The average molecular weight is 402 g/mol. The summed E-state index contributed by atoms with van der Waals surface area (Å²) < 4.78 is 1.79. The Balaban J connectivity index is 1.88. The van der Waals surface area contributed by atoms with Crippen LogP contribution in [0.15, 0.2) is 73.1 Å². The van der Waals surface area contributed by atoms with Crippen LogP contribution in [-0.4, -0.2) is 25.4 Å². The van der Waals surface area contributed by atoms with Gasteiger partial charge in [0.05, 0.1) is 22.3 Å². The fourth-order valence-electron chi connectivity index (χ4n) is 3.34. The fraction of sp³-hybridized carbons (Fsp3) is 0.0909. The minimum absolute atomic E-state index is 0.0820. The third kappa shape index (κ3) is 3.58. The van der Waals surface area contributed by atoms with E-state index in [-0.39, 0.29) is 17.2 Å². The summed E-state index contributed by atoms with van der Waals surface area (Å²) in [6, 6.07) is 18.3. The molecule has 0 saturated heterocycles. The van der Waals surface area contributed by atoms with Gasteiger partial charge >= 0.3 is 0 Å². The zero-order chi connectivity index (χ0) is 21.3. The second-order valence-electron chi connectivity index (χ2n) is 6.82. The molecule has 0 aliphatic rings. The number of ketones is 1. The number of carbonyl (C=O) groups excluding carboxylic acids is 1. The molecule has 4 rings (SSSR count). The molecular formula is C22H18N4O4. The number of phenols is 1. The van der Waals surface area contributed by atoms with Crippen LogP contribution in [0.3, 0.4) is 0 Å². The molecule has 1 heterocycles. The maximum Gasteiger partial charge on any atom is 0.270 e. The fourth-order valence-corrected chi connectivity index (χ4v) is 3.34. The molecule has 0 spiro atoms. The van der Waals surface area contributed by atoms with Gasteiger partial charge in [0.2, 0.25) is 0 Å². The summed E-state index contributed by atoms with van der Waals surface area (Å²) >= 11 is 0. The molecule has 0 radical (unpaired) electrons. The number of para-hydroxylation sites is 2. The van der Waals surface area contributed by atoms with Crippen molar-refractivity contribution in [2.75, 3.05) is 5.32 Å². The maximum absolute atomic E-state index is 11.8. The number of phenolic OH excluding ortho intramolecular Hbond substituents is 1. The lowest BCUT2D eigenvalue weighted by Gasteiger charge is -2.23.